The molecule has 172 valence electrons. The topological polar surface area (TPSA) is 63.7 Å². The number of carbonyl (C=O) groups is 1. The van der Waals surface area contributed by atoms with Gasteiger partial charge in [-0.15, -0.1) is 0 Å². The normalized spacial score (nSPS) is 19.7. The predicted molar refractivity (Wildman–Crippen MR) is 127 cm³/mol. The number of hydrogen-bond acceptors (Lipinski definition) is 4. The second-order valence-corrected chi connectivity index (χ2v) is 11.5. The van der Waals surface area contributed by atoms with Crippen molar-refractivity contribution in [1.29, 1.82) is 0 Å². The molecule has 0 N–H and O–H groups in total. The molecular formula is C24H27Cl2NO4S. The van der Waals surface area contributed by atoms with Crippen molar-refractivity contribution in [3.05, 3.63) is 75.3 Å². The molecule has 0 saturated heterocycles. The van der Waals surface area contributed by atoms with Gasteiger partial charge in [-0.05, 0) is 49.1 Å². The first-order valence-electron chi connectivity index (χ1n) is 10.3. The maximum atomic E-state index is 13.9. The van der Waals surface area contributed by atoms with Crippen LogP contribution >= 0.6 is 23.2 Å². The van der Waals surface area contributed by atoms with E-state index in [4.69, 9.17) is 27.9 Å². The summed E-state index contributed by atoms with van der Waals surface area (Å²) in [6.07, 6.45) is 1.71. The van der Waals surface area contributed by atoms with E-state index in [1.807, 2.05) is 27.7 Å². The van der Waals surface area contributed by atoms with E-state index in [-0.39, 0.29) is 22.1 Å². The first kappa shape index (κ1) is 24.8. The summed E-state index contributed by atoms with van der Waals surface area (Å²) in [5.74, 6) is -0.556. The lowest BCUT2D eigenvalue weighted by Crippen LogP contribution is -2.45. The van der Waals surface area contributed by atoms with Crippen molar-refractivity contribution >= 4 is 39.2 Å². The minimum Gasteiger partial charge on any atom is -0.463 e. The molecule has 1 aliphatic rings. The molecule has 3 rings (SSSR count). The average molecular weight is 496 g/mol. The van der Waals surface area contributed by atoms with Gasteiger partial charge in [0.1, 0.15) is 0 Å². The van der Waals surface area contributed by atoms with Crippen LogP contribution in [0.15, 0.2) is 59.0 Å². The summed E-state index contributed by atoms with van der Waals surface area (Å²) in [5, 5.41) is 0.620. The lowest BCUT2D eigenvalue weighted by Gasteiger charge is -2.37. The van der Waals surface area contributed by atoms with Gasteiger partial charge in [-0.1, -0.05) is 73.8 Å². The fraction of sp³-hybridized carbons (Fsp3) is 0.375. The fourth-order valence-electron chi connectivity index (χ4n) is 3.79. The molecule has 2 atom stereocenters. The van der Waals surface area contributed by atoms with Crippen LogP contribution in [0.1, 0.15) is 44.9 Å². The second kappa shape index (κ2) is 9.18. The van der Waals surface area contributed by atoms with Crippen LogP contribution in [-0.4, -0.2) is 31.3 Å². The molecule has 0 bridgehead atoms. The maximum absolute atomic E-state index is 13.9. The zero-order chi connectivity index (χ0) is 23.8. The minimum atomic E-state index is -3.99. The predicted octanol–water partition coefficient (Wildman–Crippen LogP) is 5.95. The van der Waals surface area contributed by atoms with Crippen molar-refractivity contribution in [2.75, 3.05) is 6.61 Å². The Bertz CT molecular complexity index is 1150. The summed E-state index contributed by atoms with van der Waals surface area (Å²) in [6, 6.07) is 10.1. The number of aryl methyl sites for hydroxylation is 1. The molecule has 0 aliphatic carbocycles. The SMILES string of the molecule is CCOC(=O)C1=C[C@@H](C(C)(C)C)N(S(=O)(=O)c2ccc(C)cc2)[C@H]1c1ccc(Cl)c(Cl)c1. The highest BCUT2D eigenvalue weighted by molar-refractivity contribution is 7.89. The lowest BCUT2D eigenvalue weighted by molar-refractivity contribution is -0.138. The summed E-state index contributed by atoms with van der Waals surface area (Å²) >= 11 is 12.4. The number of rotatable bonds is 5. The summed E-state index contributed by atoms with van der Waals surface area (Å²) < 4.78 is 34.6. The van der Waals surface area contributed by atoms with Crippen LogP contribution < -0.4 is 0 Å². The van der Waals surface area contributed by atoms with Gasteiger partial charge >= 0.3 is 5.97 Å². The Morgan fingerprint density at radius 3 is 2.22 bits per heavy atom. The van der Waals surface area contributed by atoms with E-state index in [2.05, 4.69) is 0 Å². The molecule has 0 fully saturated rings. The molecule has 0 amide bonds. The van der Waals surface area contributed by atoms with E-state index < -0.39 is 33.5 Å². The van der Waals surface area contributed by atoms with Crippen LogP contribution in [-0.2, 0) is 19.6 Å². The number of benzene rings is 2. The average Bonchev–Trinajstić information content (AvgIpc) is 3.13. The molecule has 5 nitrogen and oxygen atoms in total. The first-order valence-corrected chi connectivity index (χ1v) is 12.5. The van der Waals surface area contributed by atoms with Gasteiger partial charge in [0.15, 0.2) is 0 Å². The Morgan fingerprint density at radius 1 is 1.06 bits per heavy atom. The number of esters is 1. The number of nitrogens with zero attached hydrogens (tertiary/aromatic N) is 1. The van der Waals surface area contributed by atoms with E-state index in [1.54, 1.807) is 55.5 Å². The van der Waals surface area contributed by atoms with Gasteiger partial charge in [-0.25, -0.2) is 13.2 Å². The standard InChI is InChI=1S/C24H27Cl2NO4S/c1-6-31-23(28)18-14-21(24(3,4)5)27(22(18)16-9-12-19(25)20(26)13-16)32(29,30)17-10-7-15(2)8-11-17/h7-14,21-22H,6H2,1-5H3/t21-,22-/m0/s1. The smallest absolute Gasteiger partial charge is 0.335 e. The third-order valence-electron chi connectivity index (χ3n) is 5.41. The molecule has 32 heavy (non-hydrogen) atoms. The van der Waals surface area contributed by atoms with Gasteiger partial charge in [-0.2, -0.15) is 4.31 Å². The van der Waals surface area contributed by atoms with Gasteiger partial charge in [0.2, 0.25) is 10.0 Å². The van der Waals surface area contributed by atoms with Crippen LogP contribution in [0, 0.1) is 12.3 Å². The van der Waals surface area contributed by atoms with Crippen molar-refractivity contribution in [1.82, 2.24) is 4.31 Å². The molecule has 0 saturated carbocycles. The Kier molecular flexibility index (Phi) is 7.11. The number of halogens is 2. The highest BCUT2D eigenvalue weighted by atomic mass is 35.5. The van der Waals surface area contributed by atoms with Crippen molar-refractivity contribution in [3.8, 4) is 0 Å². The Balaban J connectivity index is 2.26. The molecule has 0 radical (unpaired) electrons. The monoisotopic (exact) mass is 495 g/mol. The summed E-state index contributed by atoms with van der Waals surface area (Å²) in [5.41, 5.74) is 1.26. The largest absolute Gasteiger partial charge is 0.463 e. The molecule has 1 heterocycles. The number of carbonyl (C=O) groups excluding carboxylic acids is 1. The number of hydrogen-bond donors (Lipinski definition) is 0. The van der Waals surface area contributed by atoms with Crippen molar-refractivity contribution in [2.24, 2.45) is 5.41 Å². The minimum absolute atomic E-state index is 0.154. The Hall–Kier alpha value is -1.86. The summed E-state index contributed by atoms with van der Waals surface area (Å²) in [6.45, 7) is 9.59. The van der Waals surface area contributed by atoms with Crippen molar-refractivity contribution in [3.63, 3.8) is 0 Å². The molecule has 2 aromatic rings. The van der Waals surface area contributed by atoms with Gasteiger partial charge in [-0.3, -0.25) is 0 Å². The molecular weight excluding hydrogens is 469 g/mol. The van der Waals surface area contributed by atoms with Crippen LogP contribution in [0.3, 0.4) is 0 Å². The highest BCUT2D eigenvalue weighted by Crippen LogP contribution is 2.47. The first-order chi connectivity index (χ1) is 14.9. The quantitative estimate of drug-likeness (QED) is 0.480. The number of sulfonamides is 1. The maximum Gasteiger partial charge on any atom is 0.335 e. The molecule has 0 unspecified atom stereocenters. The zero-order valence-electron chi connectivity index (χ0n) is 18.7. The fourth-order valence-corrected chi connectivity index (χ4v) is 6.01. The van der Waals surface area contributed by atoms with Gasteiger partial charge in [0.05, 0.1) is 33.2 Å². The van der Waals surface area contributed by atoms with E-state index in [0.29, 0.717) is 10.6 Å². The molecule has 2 aromatic carbocycles. The van der Waals surface area contributed by atoms with E-state index in [9.17, 15) is 13.2 Å². The van der Waals surface area contributed by atoms with Crippen molar-refractivity contribution < 1.29 is 17.9 Å². The van der Waals surface area contributed by atoms with E-state index in [0.717, 1.165) is 5.56 Å². The Morgan fingerprint density at radius 2 is 1.69 bits per heavy atom. The summed E-state index contributed by atoms with van der Waals surface area (Å²) in [7, 11) is -3.99. The third-order valence-corrected chi connectivity index (χ3v) is 8.01. The van der Waals surface area contributed by atoms with Crippen LogP contribution in [0.4, 0.5) is 0 Å². The Labute approximate surface area is 200 Å². The zero-order valence-corrected chi connectivity index (χ0v) is 21.1. The molecule has 1 aliphatic heterocycles. The van der Waals surface area contributed by atoms with Gasteiger partial charge in [0.25, 0.3) is 0 Å². The van der Waals surface area contributed by atoms with Crippen LogP contribution in [0.2, 0.25) is 10.0 Å². The van der Waals surface area contributed by atoms with Crippen molar-refractivity contribution in [2.45, 2.75) is 51.6 Å². The second-order valence-electron chi connectivity index (χ2n) is 8.88. The highest BCUT2D eigenvalue weighted by Gasteiger charge is 2.50. The number of ether oxygens (including phenoxy) is 1. The third kappa shape index (κ3) is 4.74. The molecule has 8 heteroatoms. The van der Waals surface area contributed by atoms with Gasteiger partial charge in [0, 0.05) is 6.04 Å². The van der Waals surface area contributed by atoms with E-state index >= 15 is 0 Å². The molecule has 0 aromatic heterocycles. The molecule has 0 spiro atoms. The van der Waals surface area contributed by atoms with Crippen LogP contribution in [0.25, 0.3) is 0 Å². The van der Waals surface area contributed by atoms with E-state index in [1.165, 1.54) is 4.31 Å². The lowest BCUT2D eigenvalue weighted by atomic mass is 9.87. The summed E-state index contributed by atoms with van der Waals surface area (Å²) in [4.78, 5) is 13.1. The van der Waals surface area contributed by atoms with Gasteiger partial charge < -0.3 is 4.74 Å². The van der Waals surface area contributed by atoms with Crippen LogP contribution in [0.5, 0.6) is 0 Å².